The molecule has 2 aromatic rings. The zero-order valence-corrected chi connectivity index (χ0v) is 11.8. The minimum atomic E-state index is -0.103. The smallest absolute Gasteiger partial charge is 0.315 e. The van der Waals surface area contributed by atoms with Crippen LogP contribution in [0.2, 0.25) is 0 Å². The van der Waals surface area contributed by atoms with Crippen molar-refractivity contribution in [1.29, 1.82) is 0 Å². The van der Waals surface area contributed by atoms with Crippen LogP contribution in [0.1, 0.15) is 24.6 Å². The lowest BCUT2D eigenvalue weighted by atomic mass is 10.1. The summed E-state index contributed by atoms with van der Waals surface area (Å²) >= 11 is 0. The Morgan fingerprint density at radius 1 is 1.26 bits per heavy atom. The average molecular weight is 259 g/mol. The maximum atomic E-state index is 11.6. The summed E-state index contributed by atoms with van der Waals surface area (Å²) in [5, 5.41) is 6.94. The second-order valence-corrected chi connectivity index (χ2v) is 4.75. The number of fused-ring (bicyclic) bond motifs is 1. The van der Waals surface area contributed by atoms with Gasteiger partial charge in [0.05, 0.1) is 0 Å². The quantitative estimate of drug-likeness (QED) is 0.871. The molecule has 0 aliphatic carbocycles. The summed E-state index contributed by atoms with van der Waals surface area (Å²) in [6.45, 7) is 5.39. The van der Waals surface area contributed by atoms with Crippen LogP contribution < -0.4 is 10.6 Å². The molecular weight excluding hydrogens is 238 g/mol. The highest BCUT2D eigenvalue weighted by atomic mass is 16.2. The number of carbonyl (C=O) groups is 1. The third-order valence-corrected chi connectivity index (χ3v) is 3.49. The van der Waals surface area contributed by atoms with E-state index >= 15 is 0 Å². The highest BCUT2D eigenvalue weighted by molar-refractivity contribution is 5.86. The first-order valence-corrected chi connectivity index (χ1v) is 6.69. The second-order valence-electron chi connectivity index (χ2n) is 4.75. The SMILES string of the molecule is CCCNC(=O)NCc1c(C)n(C)c2ccccc12. The molecule has 1 heterocycles. The van der Waals surface area contributed by atoms with E-state index in [2.05, 4.69) is 41.3 Å². The number of nitrogens with one attached hydrogen (secondary N) is 2. The van der Waals surface area contributed by atoms with Crippen molar-refractivity contribution in [2.75, 3.05) is 6.54 Å². The Balaban J connectivity index is 2.17. The summed E-state index contributed by atoms with van der Waals surface area (Å²) in [4.78, 5) is 11.6. The predicted octanol–water partition coefficient (Wildman–Crippen LogP) is 2.70. The molecule has 0 saturated heterocycles. The highest BCUT2D eigenvalue weighted by Crippen LogP contribution is 2.24. The van der Waals surface area contributed by atoms with Gasteiger partial charge in [0.15, 0.2) is 0 Å². The van der Waals surface area contributed by atoms with Crippen LogP contribution in [0, 0.1) is 6.92 Å². The topological polar surface area (TPSA) is 46.1 Å². The first-order chi connectivity index (χ1) is 9.15. The Hall–Kier alpha value is -1.97. The normalized spacial score (nSPS) is 10.7. The lowest BCUT2D eigenvalue weighted by Crippen LogP contribution is -2.35. The molecule has 0 unspecified atom stereocenters. The minimum absolute atomic E-state index is 0.103. The molecule has 4 heteroatoms. The van der Waals surface area contributed by atoms with Gasteiger partial charge in [0.2, 0.25) is 0 Å². The summed E-state index contributed by atoms with van der Waals surface area (Å²) in [5.74, 6) is 0. The van der Waals surface area contributed by atoms with E-state index < -0.39 is 0 Å². The van der Waals surface area contributed by atoms with Gasteiger partial charge in [-0.3, -0.25) is 0 Å². The summed E-state index contributed by atoms with van der Waals surface area (Å²) < 4.78 is 2.16. The molecule has 2 amide bonds. The van der Waals surface area contributed by atoms with Gasteiger partial charge in [0.1, 0.15) is 0 Å². The van der Waals surface area contributed by atoms with Crippen molar-refractivity contribution in [3.63, 3.8) is 0 Å². The second kappa shape index (κ2) is 5.78. The number of hydrogen-bond acceptors (Lipinski definition) is 1. The number of benzene rings is 1. The largest absolute Gasteiger partial charge is 0.348 e. The molecule has 0 aliphatic rings. The van der Waals surface area contributed by atoms with Gasteiger partial charge in [-0.25, -0.2) is 4.79 Å². The molecule has 0 fully saturated rings. The Morgan fingerprint density at radius 2 is 2.00 bits per heavy atom. The minimum Gasteiger partial charge on any atom is -0.348 e. The van der Waals surface area contributed by atoms with Crippen LogP contribution >= 0.6 is 0 Å². The molecule has 0 atom stereocenters. The predicted molar refractivity (Wildman–Crippen MR) is 78.2 cm³/mol. The van der Waals surface area contributed by atoms with Crippen molar-refractivity contribution >= 4 is 16.9 Å². The number of para-hydroxylation sites is 1. The first kappa shape index (κ1) is 13.5. The van der Waals surface area contributed by atoms with Gasteiger partial charge < -0.3 is 15.2 Å². The van der Waals surface area contributed by atoms with Crippen LogP contribution in [0.25, 0.3) is 10.9 Å². The van der Waals surface area contributed by atoms with E-state index in [0.717, 1.165) is 6.42 Å². The van der Waals surface area contributed by atoms with Crippen LogP contribution in [0.3, 0.4) is 0 Å². The average Bonchev–Trinajstić information content (AvgIpc) is 2.67. The van der Waals surface area contributed by atoms with Crippen LogP contribution in [0.4, 0.5) is 4.79 Å². The van der Waals surface area contributed by atoms with Gasteiger partial charge in [-0.1, -0.05) is 25.1 Å². The molecule has 0 spiro atoms. The number of rotatable bonds is 4. The van der Waals surface area contributed by atoms with E-state index in [9.17, 15) is 4.79 Å². The molecule has 0 saturated carbocycles. The van der Waals surface area contributed by atoms with Crippen molar-refractivity contribution < 1.29 is 4.79 Å². The third-order valence-electron chi connectivity index (χ3n) is 3.49. The van der Waals surface area contributed by atoms with Crippen molar-refractivity contribution in [2.24, 2.45) is 7.05 Å². The molecule has 0 aliphatic heterocycles. The highest BCUT2D eigenvalue weighted by Gasteiger charge is 2.11. The molecule has 19 heavy (non-hydrogen) atoms. The van der Waals surface area contributed by atoms with E-state index in [-0.39, 0.29) is 6.03 Å². The van der Waals surface area contributed by atoms with Gasteiger partial charge in [0, 0.05) is 36.7 Å². The zero-order chi connectivity index (χ0) is 13.8. The fourth-order valence-electron chi connectivity index (χ4n) is 2.29. The van der Waals surface area contributed by atoms with Crippen LogP contribution in [0.5, 0.6) is 0 Å². The monoisotopic (exact) mass is 259 g/mol. The lowest BCUT2D eigenvalue weighted by molar-refractivity contribution is 0.240. The van der Waals surface area contributed by atoms with Crippen molar-refractivity contribution in [2.45, 2.75) is 26.8 Å². The maximum absolute atomic E-state index is 11.6. The Labute approximate surface area is 113 Å². The molecule has 4 nitrogen and oxygen atoms in total. The fourth-order valence-corrected chi connectivity index (χ4v) is 2.29. The molecule has 1 aromatic carbocycles. The van der Waals surface area contributed by atoms with Crippen LogP contribution in [-0.4, -0.2) is 17.1 Å². The van der Waals surface area contributed by atoms with Crippen LogP contribution in [-0.2, 0) is 13.6 Å². The third kappa shape index (κ3) is 2.72. The lowest BCUT2D eigenvalue weighted by Gasteiger charge is -2.07. The Kier molecular flexibility index (Phi) is 4.10. The Morgan fingerprint density at radius 3 is 2.74 bits per heavy atom. The number of urea groups is 1. The summed E-state index contributed by atoms with van der Waals surface area (Å²) in [6, 6.07) is 8.16. The molecule has 1 aromatic heterocycles. The van der Waals surface area contributed by atoms with Crippen LogP contribution in [0.15, 0.2) is 24.3 Å². The van der Waals surface area contributed by atoms with Gasteiger partial charge in [0.25, 0.3) is 0 Å². The summed E-state index contributed by atoms with van der Waals surface area (Å²) in [7, 11) is 2.05. The molecular formula is C15H21N3O. The summed E-state index contributed by atoms with van der Waals surface area (Å²) in [5.41, 5.74) is 3.58. The van der Waals surface area contributed by atoms with E-state index in [1.807, 2.05) is 19.1 Å². The molecule has 2 rings (SSSR count). The van der Waals surface area contributed by atoms with Crippen molar-refractivity contribution in [3.05, 3.63) is 35.5 Å². The first-order valence-electron chi connectivity index (χ1n) is 6.69. The number of hydrogen-bond donors (Lipinski definition) is 2. The van der Waals surface area contributed by atoms with Gasteiger partial charge >= 0.3 is 6.03 Å². The number of carbonyl (C=O) groups excluding carboxylic acids is 1. The van der Waals surface area contributed by atoms with E-state index in [4.69, 9.17) is 0 Å². The van der Waals surface area contributed by atoms with Crippen molar-refractivity contribution in [1.82, 2.24) is 15.2 Å². The Bertz CT molecular complexity index is 586. The van der Waals surface area contributed by atoms with Gasteiger partial charge in [-0.2, -0.15) is 0 Å². The fraction of sp³-hybridized carbons (Fsp3) is 0.400. The molecule has 0 bridgehead atoms. The molecule has 2 N–H and O–H groups in total. The van der Waals surface area contributed by atoms with Gasteiger partial charge in [-0.15, -0.1) is 0 Å². The van der Waals surface area contributed by atoms with Gasteiger partial charge in [-0.05, 0) is 25.0 Å². The number of nitrogens with zero attached hydrogens (tertiary/aromatic N) is 1. The zero-order valence-electron chi connectivity index (χ0n) is 11.8. The van der Waals surface area contributed by atoms with E-state index in [0.29, 0.717) is 13.1 Å². The number of aryl methyl sites for hydroxylation is 1. The van der Waals surface area contributed by atoms with E-state index in [1.165, 1.54) is 22.2 Å². The number of amides is 2. The molecule has 0 radical (unpaired) electrons. The van der Waals surface area contributed by atoms with E-state index in [1.54, 1.807) is 0 Å². The van der Waals surface area contributed by atoms with Crippen molar-refractivity contribution in [3.8, 4) is 0 Å². The maximum Gasteiger partial charge on any atom is 0.315 e. The number of aromatic nitrogens is 1. The standard InChI is InChI=1S/C15H21N3O/c1-4-9-16-15(19)17-10-13-11(2)18(3)14-8-6-5-7-12(13)14/h5-8H,4,9-10H2,1-3H3,(H2,16,17,19). The molecule has 102 valence electrons. The summed E-state index contributed by atoms with van der Waals surface area (Å²) in [6.07, 6.45) is 0.945.